The molecule has 1 aromatic heterocycles. The monoisotopic (exact) mass is 413 g/mol. The first-order valence-corrected chi connectivity index (χ1v) is 8.43. The first kappa shape index (κ1) is 15.4. The number of aryl methyl sites for hydroxylation is 2. The summed E-state index contributed by atoms with van der Waals surface area (Å²) in [6, 6.07) is 0. The molecule has 0 aliphatic carbocycles. The molecule has 1 aromatic rings. The number of aromatic nitrogens is 2. The second-order valence-electron chi connectivity index (χ2n) is 4.25. The Bertz CT molecular complexity index is 339. The molecule has 0 unspecified atom stereocenters. The smallest absolute Gasteiger partial charge is 0.0739 e. The van der Waals surface area contributed by atoms with E-state index in [1.807, 2.05) is 18.7 Å². The molecular weight excluding hydrogens is 393 g/mol. The van der Waals surface area contributed by atoms with E-state index in [0.717, 1.165) is 23.3 Å². The molecule has 0 aliphatic heterocycles. The van der Waals surface area contributed by atoms with Gasteiger partial charge in [-0.3, -0.25) is 4.68 Å². The molecule has 0 atom stereocenters. The van der Waals surface area contributed by atoms with E-state index in [-0.39, 0.29) is 0 Å². The van der Waals surface area contributed by atoms with Gasteiger partial charge >= 0.3 is 0 Å². The highest BCUT2D eigenvalue weighted by Gasteiger charge is 2.09. The van der Waals surface area contributed by atoms with Gasteiger partial charge in [-0.2, -0.15) is 5.10 Å². The van der Waals surface area contributed by atoms with Crippen molar-refractivity contribution >= 4 is 38.5 Å². The summed E-state index contributed by atoms with van der Waals surface area (Å²) in [5.74, 6) is 0. The Labute approximate surface area is 126 Å². The highest BCUT2D eigenvalue weighted by atomic mass is 127. The molecule has 98 valence electrons. The van der Waals surface area contributed by atoms with Crippen molar-refractivity contribution in [2.75, 3.05) is 11.0 Å². The highest BCUT2D eigenvalue weighted by Crippen LogP contribution is 2.19. The van der Waals surface area contributed by atoms with Crippen molar-refractivity contribution in [3.05, 3.63) is 15.9 Å². The molecule has 1 heterocycles. The van der Waals surface area contributed by atoms with Crippen LogP contribution in [-0.2, 0) is 13.6 Å². The fourth-order valence-electron chi connectivity index (χ4n) is 1.78. The van der Waals surface area contributed by atoms with Gasteiger partial charge in [-0.15, -0.1) is 0 Å². The molecule has 0 saturated heterocycles. The number of alkyl halides is 1. The van der Waals surface area contributed by atoms with Gasteiger partial charge < -0.3 is 5.32 Å². The molecule has 17 heavy (non-hydrogen) atoms. The van der Waals surface area contributed by atoms with Crippen molar-refractivity contribution in [3.8, 4) is 0 Å². The molecule has 0 spiro atoms. The van der Waals surface area contributed by atoms with Crippen LogP contribution < -0.4 is 5.32 Å². The van der Waals surface area contributed by atoms with Crippen LogP contribution >= 0.6 is 38.5 Å². The fraction of sp³-hybridized carbons (Fsp3) is 0.750. The molecule has 3 nitrogen and oxygen atoms in total. The van der Waals surface area contributed by atoms with Crippen molar-refractivity contribution < 1.29 is 0 Å². The predicted octanol–water partition coefficient (Wildman–Crippen LogP) is 3.58. The largest absolute Gasteiger partial charge is 0.311 e. The lowest BCUT2D eigenvalue weighted by Gasteiger charge is -2.05. The molecule has 0 aliphatic rings. The summed E-state index contributed by atoms with van der Waals surface area (Å²) < 4.78 is 4.37. The second kappa shape index (κ2) is 8.48. The van der Waals surface area contributed by atoms with Gasteiger partial charge in [-0.25, -0.2) is 0 Å². The van der Waals surface area contributed by atoms with Crippen molar-refractivity contribution in [1.82, 2.24) is 15.1 Å². The van der Waals surface area contributed by atoms with Crippen LogP contribution in [0.4, 0.5) is 0 Å². The van der Waals surface area contributed by atoms with Crippen molar-refractivity contribution in [2.45, 2.75) is 39.2 Å². The normalized spacial score (nSPS) is 11.1. The van der Waals surface area contributed by atoms with Crippen LogP contribution in [0.2, 0.25) is 0 Å². The zero-order valence-electron chi connectivity index (χ0n) is 10.6. The van der Waals surface area contributed by atoms with Crippen molar-refractivity contribution in [2.24, 2.45) is 7.05 Å². The van der Waals surface area contributed by atoms with Gasteiger partial charge in [0.05, 0.1) is 15.9 Å². The van der Waals surface area contributed by atoms with E-state index in [1.165, 1.54) is 35.8 Å². The first-order valence-electron chi connectivity index (χ1n) is 6.11. The average molecular weight is 414 g/mol. The zero-order valence-corrected chi connectivity index (χ0v) is 14.3. The number of nitrogens with one attached hydrogen (secondary N) is 1. The number of hydrogen-bond acceptors (Lipinski definition) is 2. The Morgan fingerprint density at radius 3 is 2.59 bits per heavy atom. The van der Waals surface area contributed by atoms with Crippen LogP contribution in [0.15, 0.2) is 4.47 Å². The average Bonchev–Trinajstić information content (AvgIpc) is 2.54. The quantitative estimate of drug-likeness (QED) is 0.401. The van der Waals surface area contributed by atoms with Crippen LogP contribution in [0.3, 0.4) is 0 Å². The summed E-state index contributed by atoms with van der Waals surface area (Å²) in [5.41, 5.74) is 2.29. The Morgan fingerprint density at radius 2 is 2.00 bits per heavy atom. The van der Waals surface area contributed by atoms with Crippen molar-refractivity contribution in [3.63, 3.8) is 0 Å². The van der Waals surface area contributed by atoms with E-state index < -0.39 is 0 Å². The standard InChI is InChI=1S/C12H21BrIN3/c1-10-12(13)11(17(2)16-10)9-15-8-6-4-3-5-7-14/h15H,3-9H2,1-2H3. The topological polar surface area (TPSA) is 29.9 Å². The summed E-state index contributed by atoms with van der Waals surface area (Å²) in [6.45, 7) is 4.01. The van der Waals surface area contributed by atoms with Crippen molar-refractivity contribution in [1.29, 1.82) is 0 Å². The number of nitrogens with zero attached hydrogens (tertiary/aromatic N) is 2. The van der Waals surface area contributed by atoms with E-state index in [0.29, 0.717) is 0 Å². The Morgan fingerprint density at radius 1 is 1.29 bits per heavy atom. The third-order valence-electron chi connectivity index (χ3n) is 2.79. The summed E-state index contributed by atoms with van der Waals surface area (Å²) in [6.07, 6.45) is 5.32. The number of unbranched alkanes of at least 4 members (excludes halogenated alkanes) is 3. The SMILES string of the molecule is Cc1nn(C)c(CNCCCCCCI)c1Br. The Hall–Kier alpha value is 0.380. The molecule has 0 amide bonds. The van der Waals surface area contributed by atoms with E-state index >= 15 is 0 Å². The molecule has 0 saturated carbocycles. The molecule has 0 bridgehead atoms. The van der Waals surface area contributed by atoms with Crippen LogP contribution in [0.1, 0.15) is 37.1 Å². The van der Waals surface area contributed by atoms with Gasteiger partial charge in [0.15, 0.2) is 0 Å². The van der Waals surface area contributed by atoms with Gasteiger partial charge in [0, 0.05) is 13.6 Å². The highest BCUT2D eigenvalue weighted by molar-refractivity contribution is 14.1. The van der Waals surface area contributed by atoms with E-state index in [1.54, 1.807) is 0 Å². The predicted molar refractivity (Wildman–Crippen MR) is 84.7 cm³/mol. The van der Waals surface area contributed by atoms with Gasteiger partial charge in [0.2, 0.25) is 0 Å². The molecule has 1 N–H and O–H groups in total. The minimum atomic E-state index is 0.893. The number of halogens is 2. The van der Waals surface area contributed by atoms with Crippen LogP contribution in [0.5, 0.6) is 0 Å². The number of rotatable bonds is 8. The summed E-state index contributed by atoms with van der Waals surface area (Å²) in [4.78, 5) is 0. The van der Waals surface area contributed by atoms with Crippen LogP contribution in [-0.4, -0.2) is 20.8 Å². The Kier molecular flexibility index (Phi) is 7.70. The minimum Gasteiger partial charge on any atom is -0.311 e. The maximum Gasteiger partial charge on any atom is 0.0739 e. The molecule has 0 radical (unpaired) electrons. The van der Waals surface area contributed by atoms with E-state index in [9.17, 15) is 0 Å². The lowest BCUT2D eigenvalue weighted by molar-refractivity contribution is 0.577. The number of hydrogen-bond donors (Lipinski definition) is 1. The zero-order chi connectivity index (χ0) is 12.7. The molecule has 5 heteroatoms. The van der Waals surface area contributed by atoms with E-state index in [4.69, 9.17) is 0 Å². The minimum absolute atomic E-state index is 0.893. The van der Waals surface area contributed by atoms with Crippen LogP contribution in [0.25, 0.3) is 0 Å². The molecule has 0 aromatic carbocycles. The Balaban J connectivity index is 2.18. The van der Waals surface area contributed by atoms with Gasteiger partial charge in [0.1, 0.15) is 0 Å². The molecular formula is C12H21BrIN3. The van der Waals surface area contributed by atoms with Gasteiger partial charge in [0.25, 0.3) is 0 Å². The maximum atomic E-state index is 4.38. The maximum absolute atomic E-state index is 4.38. The fourth-order valence-corrected chi connectivity index (χ4v) is 2.79. The lowest BCUT2D eigenvalue weighted by Crippen LogP contribution is -2.17. The first-order chi connectivity index (χ1) is 8.16. The summed E-state index contributed by atoms with van der Waals surface area (Å²) in [7, 11) is 2.00. The van der Waals surface area contributed by atoms with Crippen LogP contribution in [0, 0.1) is 6.92 Å². The third-order valence-corrected chi connectivity index (χ3v) is 4.59. The second-order valence-corrected chi connectivity index (χ2v) is 6.12. The summed E-state index contributed by atoms with van der Waals surface area (Å²) >= 11 is 6.02. The third kappa shape index (κ3) is 5.26. The van der Waals surface area contributed by atoms with Gasteiger partial charge in [-0.05, 0) is 46.7 Å². The van der Waals surface area contributed by atoms with Gasteiger partial charge in [-0.1, -0.05) is 35.4 Å². The lowest BCUT2D eigenvalue weighted by atomic mass is 10.2. The van der Waals surface area contributed by atoms with E-state index in [2.05, 4.69) is 48.9 Å². The molecule has 0 fully saturated rings. The molecule has 1 rings (SSSR count). The summed E-state index contributed by atoms with van der Waals surface area (Å²) in [5, 5.41) is 7.86.